The summed E-state index contributed by atoms with van der Waals surface area (Å²) in [5.41, 5.74) is 4.92. The summed E-state index contributed by atoms with van der Waals surface area (Å²) in [6.45, 7) is 8.60. The summed E-state index contributed by atoms with van der Waals surface area (Å²) in [6, 6.07) is 19.6. The highest BCUT2D eigenvalue weighted by Gasteiger charge is 2.11. The standard InChI is InChI=1S/C14H13NO2S.C12H17NO/c1-17-11-5-4-6-12(9-11)18-14-8-3-2-7-13(14)15-10-16;1-5-13-12(14)11-9(3)6-8(2)7-10(11)4/h2-10H,1H3,(H,15,16);6-7H,5H2,1-4H3,(H,13,14). The molecular weight excluding hydrogens is 420 g/mol. The molecule has 2 N–H and O–H groups in total. The highest BCUT2D eigenvalue weighted by Crippen LogP contribution is 2.34. The molecule has 2 amide bonds. The van der Waals surface area contributed by atoms with E-state index in [0.29, 0.717) is 13.0 Å². The summed E-state index contributed by atoms with van der Waals surface area (Å²) in [5, 5.41) is 5.52. The molecule has 0 unspecified atom stereocenters. The van der Waals surface area contributed by atoms with Crippen molar-refractivity contribution in [1.29, 1.82) is 0 Å². The fourth-order valence-corrected chi connectivity index (χ4v) is 4.28. The molecule has 0 radical (unpaired) electrons. The van der Waals surface area contributed by atoms with Crippen molar-refractivity contribution in [1.82, 2.24) is 5.32 Å². The van der Waals surface area contributed by atoms with Crippen LogP contribution in [0.4, 0.5) is 5.69 Å². The van der Waals surface area contributed by atoms with Crippen molar-refractivity contribution < 1.29 is 14.3 Å². The number of carbonyl (C=O) groups is 2. The zero-order valence-corrected chi connectivity index (χ0v) is 20.0. The minimum atomic E-state index is 0.0301. The fraction of sp³-hybridized carbons (Fsp3) is 0.231. The van der Waals surface area contributed by atoms with Crippen molar-refractivity contribution in [2.24, 2.45) is 0 Å². The number of ether oxygens (including phenoxy) is 1. The minimum absolute atomic E-state index is 0.0301. The van der Waals surface area contributed by atoms with Gasteiger partial charge in [0.15, 0.2) is 0 Å². The quantitative estimate of drug-likeness (QED) is 0.448. The number of nitrogens with one attached hydrogen (secondary N) is 2. The van der Waals surface area contributed by atoms with Gasteiger partial charge in [0.05, 0.1) is 12.8 Å². The molecule has 0 aromatic heterocycles. The Morgan fingerprint density at radius 2 is 1.69 bits per heavy atom. The lowest BCUT2D eigenvalue weighted by Crippen LogP contribution is -2.24. The zero-order chi connectivity index (χ0) is 23.5. The van der Waals surface area contributed by atoms with E-state index in [1.807, 2.05) is 88.4 Å². The average Bonchev–Trinajstić information content (AvgIpc) is 2.75. The molecule has 0 atom stereocenters. The Morgan fingerprint density at radius 3 is 2.31 bits per heavy atom. The van der Waals surface area contributed by atoms with Crippen LogP contribution in [-0.2, 0) is 4.79 Å². The van der Waals surface area contributed by atoms with Crippen molar-refractivity contribution in [3.8, 4) is 5.75 Å². The lowest BCUT2D eigenvalue weighted by molar-refractivity contribution is -0.105. The normalized spacial score (nSPS) is 9.91. The van der Waals surface area contributed by atoms with Crippen molar-refractivity contribution in [3.05, 3.63) is 82.9 Å². The molecule has 0 fully saturated rings. The van der Waals surface area contributed by atoms with Crippen molar-refractivity contribution in [2.45, 2.75) is 37.5 Å². The maximum Gasteiger partial charge on any atom is 0.251 e. The molecule has 0 aliphatic heterocycles. The van der Waals surface area contributed by atoms with Crippen LogP contribution in [0.3, 0.4) is 0 Å². The molecule has 3 aromatic carbocycles. The number of methoxy groups -OCH3 is 1. The third-order valence-electron chi connectivity index (χ3n) is 4.61. The van der Waals surface area contributed by atoms with Gasteiger partial charge in [-0.3, -0.25) is 9.59 Å². The average molecular weight is 451 g/mol. The highest BCUT2D eigenvalue weighted by atomic mass is 32.2. The molecule has 0 aliphatic carbocycles. The van der Waals surface area contributed by atoms with E-state index in [1.165, 1.54) is 5.56 Å². The van der Waals surface area contributed by atoms with Crippen LogP contribution in [0.5, 0.6) is 5.75 Å². The van der Waals surface area contributed by atoms with E-state index in [4.69, 9.17) is 4.74 Å². The molecule has 3 aromatic rings. The number of amides is 2. The molecule has 0 heterocycles. The van der Waals surface area contributed by atoms with E-state index >= 15 is 0 Å². The number of para-hydroxylation sites is 1. The first-order valence-corrected chi connectivity index (χ1v) is 11.2. The zero-order valence-electron chi connectivity index (χ0n) is 19.2. The summed E-state index contributed by atoms with van der Waals surface area (Å²) in [7, 11) is 1.64. The van der Waals surface area contributed by atoms with E-state index in [1.54, 1.807) is 18.9 Å². The summed E-state index contributed by atoms with van der Waals surface area (Å²) in [5.74, 6) is 0.850. The largest absolute Gasteiger partial charge is 0.497 e. The van der Waals surface area contributed by atoms with Crippen LogP contribution >= 0.6 is 11.8 Å². The lowest BCUT2D eigenvalue weighted by atomic mass is 9.99. The number of anilines is 1. The third-order valence-corrected chi connectivity index (χ3v) is 5.68. The SMILES string of the molecule is CCNC(=O)c1c(C)cc(C)cc1C.COc1cccc(Sc2ccccc2NC=O)c1. The van der Waals surface area contributed by atoms with Crippen LogP contribution in [0.25, 0.3) is 0 Å². The monoisotopic (exact) mass is 450 g/mol. The van der Waals surface area contributed by atoms with Crippen LogP contribution in [0.2, 0.25) is 0 Å². The second-order valence-electron chi connectivity index (χ2n) is 7.17. The van der Waals surface area contributed by atoms with Gasteiger partial charge in [-0.05, 0) is 69.2 Å². The molecule has 0 aliphatic rings. The molecule has 32 heavy (non-hydrogen) atoms. The van der Waals surface area contributed by atoms with Crippen LogP contribution in [0.1, 0.15) is 34.0 Å². The van der Waals surface area contributed by atoms with Crippen LogP contribution in [0.15, 0.2) is 70.5 Å². The van der Waals surface area contributed by atoms with Crippen molar-refractivity contribution in [2.75, 3.05) is 19.0 Å². The second-order valence-corrected chi connectivity index (χ2v) is 8.29. The number of aryl methyl sites for hydroxylation is 3. The highest BCUT2D eigenvalue weighted by molar-refractivity contribution is 7.99. The number of carbonyl (C=O) groups excluding carboxylic acids is 2. The number of hydrogen-bond donors (Lipinski definition) is 2. The fourth-order valence-electron chi connectivity index (χ4n) is 3.32. The van der Waals surface area contributed by atoms with Gasteiger partial charge in [0.2, 0.25) is 6.41 Å². The predicted molar refractivity (Wildman–Crippen MR) is 132 cm³/mol. The van der Waals surface area contributed by atoms with E-state index in [-0.39, 0.29) is 5.91 Å². The maximum atomic E-state index is 11.7. The molecule has 0 bridgehead atoms. The van der Waals surface area contributed by atoms with E-state index in [2.05, 4.69) is 10.6 Å². The van der Waals surface area contributed by atoms with E-state index in [0.717, 1.165) is 37.9 Å². The maximum absolute atomic E-state index is 11.7. The third kappa shape index (κ3) is 7.17. The second kappa shape index (κ2) is 12.6. The molecule has 3 rings (SSSR count). The lowest BCUT2D eigenvalue weighted by Gasteiger charge is -2.10. The van der Waals surface area contributed by atoms with Crippen molar-refractivity contribution >= 4 is 29.8 Å². The Morgan fingerprint density at radius 1 is 1.00 bits per heavy atom. The van der Waals surface area contributed by atoms with Gasteiger partial charge in [-0.2, -0.15) is 0 Å². The van der Waals surface area contributed by atoms with Gasteiger partial charge in [-0.1, -0.05) is 47.7 Å². The van der Waals surface area contributed by atoms with Crippen molar-refractivity contribution in [3.63, 3.8) is 0 Å². The summed E-state index contributed by atoms with van der Waals surface area (Å²) >= 11 is 1.58. The van der Waals surface area contributed by atoms with Gasteiger partial charge < -0.3 is 15.4 Å². The molecule has 0 saturated heterocycles. The van der Waals surface area contributed by atoms with Gasteiger partial charge in [-0.15, -0.1) is 0 Å². The van der Waals surface area contributed by atoms with E-state index in [9.17, 15) is 9.59 Å². The Bertz CT molecular complexity index is 1040. The summed E-state index contributed by atoms with van der Waals surface area (Å²) < 4.78 is 5.19. The smallest absolute Gasteiger partial charge is 0.251 e. The number of hydrogen-bond acceptors (Lipinski definition) is 4. The summed E-state index contributed by atoms with van der Waals surface area (Å²) in [6.07, 6.45) is 0.685. The predicted octanol–water partition coefficient (Wildman–Crippen LogP) is 5.78. The molecule has 5 nitrogen and oxygen atoms in total. The van der Waals surface area contributed by atoms with Crippen LogP contribution in [-0.4, -0.2) is 26.0 Å². The number of rotatable bonds is 7. The molecular formula is C26H30N2O3S. The van der Waals surface area contributed by atoms with Crippen LogP contribution in [0, 0.1) is 20.8 Å². The first kappa shape index (κ1) is 25.0. The molecule has 6 heteroatoms. The Kier molecular flexibility index (Phi) is 9.82. The first-order chi connectivity index (χ1) is 15.4. The number of benzene rings is 3. The van der Waals surface area contributed by atoms with Gasteiger partial charge in [0, 0.05) is 21.9 Å². The Labute approximate surface area is 194 Å². The van der Waals surface area contributed by atoms with Gasteiger partial charge in [0.1, 0.15) is 5.75 Å². The topological polar surface area (TPSA) is 67.4 Å². The summed E-state index contributed by atoms with van der Waals surface area (Å²) in [4.78, 5) is 24.3. The van der Waals surface area contributed by atoms with Gasteiger partial charge in [0.25, 0.3) is 5.91 Å². The molecule has 0 spiro atoms. The van der Waals surface area contributed by atoms with Gasteiger partial charge >= 0.3 is 0 Å². The molecule has 0 saturated carbocycles. The Hall–Kier alpha value is -3.25. The van der Waals surface area contributed by atoms with Gasteiger partial charge in [-0.25, -0.2) is 0 Å². The van der Waals surface area contributed by atoms with Crippen LogP contribution < -0.4 is 15.4 Å². The van der Waals surface area contributed by atoms with E-state index < -0.39 is 0 Å². The minimum Gasteiger partial charge on any atom is -0.497 e. The Balaban J connectivity index is 0.000000235. The molecule has 168 valence electrons. The first-order valence-electron chi connectivity index (χ1n) is 10.4.